The van der Waals surface area contributed by atoms with Crippen LogP contribution in [0.2, 0.25) is 5.02 Å². The van der Waals surface area contributed by atoms with Crippen LogP contribution in [0.1, 0.15) is 11.1 Å². The molecule has 1 aliphatic heterocycles. The van der Waals surface area contributed by atoms with Crippen LogP contribution in [0.3, 0.4) is 0 Å². The molecule has 118 valence electrons. The number of benzene rings is 2. The summed E-state index contributed by atoms with van der Waals surface area (Å²) in [5, 5.41) is 6.08. The molecule has 0 aliphatic carbocycles. The van der Waals surface area contributed by atoms with Gasteiger partial charge in [-0.3, -0.25) is 9.59 Å². The second-order valence-electron chi connectivity index (χ2n) is 5.29. The third kappa shape index (κ3) is 3.46. The van der Waals surface area contributed by atoms with Gasteiger partial charge in [-0.05, 0) is 35.4 Å². The molecule has 0 fully saturated rings. The average molecular weight is 331 g/mol. The van der Waals surface area contributed by atoms with Crippen molar-refractivity contribution in [3.05, 3.63) is 52.5 Å². The number of hydrogen-bond donors (Lipinski definition) is 2. The second-order valence-corrected chi connectivity index (χ2v) is 5.72. The van der Waals surface area contributed by atoms with Gasteiger partial charge in [-0.25, -0.2) is 0 Å². The van der Waals surface area contributed by atoms with Gasteiger partial charge in [0.25, 0.3) is 0 Å². The summed E-state index contributed by atoms with van der Waals surface area (Å²) in [7, 11) is 1.53. The van der Waals surface area contributed by atoms with Crippen LogP contribution in [0.25, 0.3) is 0 Å². The van der Waals surface area contributed by atoms with E-state index in [0.29, 0.717) is 22.9 Å². The molecule has 1 aliphatic rings. The van der Waals surface area contributed by atoms with Crippen molar-refractivity contribution in [2.45, 2.75) is 12.8 Å². The third-order valence-electron chi connectivity index (χ3n) is 3.60. The summed E-state index contributed by atoms with van der Waals surface area (Å²) in [6, 6.07) is 10.6. The molecule has 6 heteroatoms. The predicted octanol–water partition coefficient (Wildman–Crippen LogP) is 3.02. The first-order valence-electron chi connectivity index (χ1n) is 7.10. The van der Waals surface area contributed by atoms with Crippen LogP contribution in [0, 0.1) is 0 Å². The molecule has 0 saturated carbocycles. The van der Waals surface area contributed by atoms with Crippen LogP contribution in [-0.4, -0.2) is 18.9 Å². The minimum absolute atomic E-state index is 0.0229. The van der Waals surface area contributed by atoms with Crippen molar-refractivity contribution >= 4 is 34.8 Å². The summed E-state index contributed by atoms with van der Waals surface area (Å²) in [6.45, 7) is 0. The number of methoxy groups -OCH3 is 1. The van der Waals surface area contributed by atoms with Gasteiger partial charge >= 0.3 is 0 Å². The highest BCUT2D eigenvalue weighted by Gasteiger charge is 2.18. The molecule has 0 aromatic heterocycles. The van der Waals surface area contributed by atoms with E-state index in [0.717, 1.165) is 16.8 Å². The van der Waals surface area contributed by atoms with Gasteiger partial charge in [0.05, 0.1) is 25.6 Å². The Labute approximate surface area is 138 Å². The number of carbonyl (C=O) groups is 2. The SMILES string of the molecule is COc1ccc(Cl)cc1NC(=O)Cc1ccc2c(c1)CC(=O)N2. The smallest absolute Gasteiger partial charge is 0.228 e. The Morgan fingerprint density at radius 1 is 1.30 bits per heavy atom. The Morgan fingerprint density at radius 3 is 2.91 bits per heavy atom. The van der Waals surface area contributed by atoms with Gasteiger partial charge in [-0.2, -0.15) is 0 Å². The fraction of sp³-hybridized carbons (Fsp3) is 0.176. The number of amides is 2. The summed E-state index contributed by atoms with van der Waals surface area (Å²) in [5.74, 6) is 0.347. The number of hydrogen-bond acceptors (Lipinski definition) is 3. The molecule has 0 radical (unpaired) electrons. The number of anilines is 2. The molecule has 2 amide bonds. The predicted molar refractivity (Wildman–Crippen MR) is 89.1 cm³/mol. The quantitative estimate of drug-likeness (QED) is 0.905. The van der Waals surface area contributed by atoms with Gasteiger partial charge in [-0.1, -0.05) is 23.7 Å². The summed E-state index contributed by atoms with van der Waals surface area (Å²) < 4.78 is 5.20. The molecule has 0 unspecified atom stereocenters. The highest BCUT2D eigenvalue weighted by molar-refractivity contribution is 6.31. The van der Waals surface area contributed by atoms with Crippen molar-refractivity contribution in [2.75, 3.05) is 17.7 Å². The zero-order valence-corrected chi connectivity index (χ0v) is 13.2. The number of fused-ring (bicyclic) bond motifs is 1. The van der Waals surface area contributed by atoms with Crippen LogP contribution >= 0.6 is 11.6 Å². The monoisotopic (exact) mass is 330 g/mol. The fourth-order valence-electron chi connectivity index (χ4n) is 2.55. The molecular weight excluding hydrogens is 316 g/mol. The Kier molecular flexibility index (Phi) is 4.21. The zero-order valence-electron chi connectivity index (χ0n) is 12.5. The number of rotatable bonds is 4. The molecule has 2 aromatic rings. The van der Waals surface area contributed by atoms with Crippen molar-refractivity contribution in [1.29, 1.82) is 0 Å². The number of carbonyl (C=O) groups excluding carboxylic acids is 2. The van der Waals surface area contributed by atoms with Gasteiger partial charge in [0.15, 0.2) is 0 Å². The second kappa shape index (κ2) is 6.30. The Bertz CT molecular complexity index is 789. The Hall–Kier alpha value is -2.53. The summed E-state index contributed by atoms with van der Waals surface area (Å²) in [4.78, 5) is 23.6. The largest absolute Gasteiger partial charge is 0.495 e. The van der Waals surface area contributed by atoms with Crippen molar-refractivity contribution in [1.82, 2.24) is 0 Å². The van der Waals surface area contributed by atoms with Gasteiger partial charge in [0.1, 0.15) is 5.75 Å². The Morgan fingerprint density at radius 2 is 2.13 bits per heavy atom. The van der Waals surface area contributed by atoms with Crippen molar-refractivity contribution in [3.8, 4) is 5.75 Å². The van der Waals surface area contributed by atoms with E-state index in [2.05, 4.69) is 10.6 Å². The molecule has 0 bridgehead atoms. The molecular formula is C17H15ClN2O3. The first-order chi connectivity index (χ1) is 11.0. The number of halogens is 1. The van der Waals surface area contributed by atoms with Crippen LogP contribution in [-0.2, 0) is 22.4 Å². The number of ether oxygens (including phenoxy) is 1. The van der Waals surface area contributed by atoms with Gasteiger partial charge in [-0.15, -0.1) is 0 Å². The normalized spacial score (nSPS) is 12.5. The van der Waals surface area contributed by atoms with Gasteiger partial charge in [0.2, 0.25) is 11.8 Å². The van der Waals surface area contributed by atoms with Gasteiger partial charge < -0.3 is 15.4 Å². The molecule has 0 atom stereocenters. The van der Waals surface area contributed by atoms with E-state index in [1.807, 2.05) is 18.2 Å². The summed E-state index contributed by atoms with van der Waals surface area (Å²) in [5.41, 5.74) is 3.11. The zero-order chi connectivity index (χ0) is 16.4. The summed E-state index contributed by atoms with van der Waals surface area (Å²) in [6.07, 6.45) is 0.560. The van der Waals surface area contributed by atoms with E-state index in [9.17, 15) is 9.59 Å². The maximum Gasteiger partial charge on any atom is 0.228 e. The topological polar surface area (TPSA) is 67.4 Å². The van der Waals surface area contributed by atoms with Crippen molar-refractivity contribution < 1.29 is 14.3 Å². The maximum atomic E-state index is 12.2. The van der Waals surface area contributed by atoms with E-state index in [1.165, 1.54) is 7.11 Å². The highest BCUT2D eigenvalue weighted by Crippen LogP contribution is 2.28. The molecule has 5 nitrogen and oxygen atoms in total. The van der Waals surface area contributed by atoms with E-state index in [4.69, 9.17) is 16.3 Å². The first-order valence-corrected chi connectivity index (χ1v) is 7.48. The van der Waals surface area contributed by atoms with E-state index in [-0.39, 0.29) is 18.2 Å². The van der Waals surface area contributed by atoms with Crippen molar-refractivity contribution in [2.24, 2.45) is 0 Å². The standard InChI is InChI=1S/C17H15ClN2O3/c1-23-15-5-3-12(18)9-14(15)20-16(21)7-10-2-4-13-11(6-10)8-17(22)19-13/h2-6,9H,7-8H2,1H3,(H,19,22)(H,20,21). The lowest BCUT2D eigenvalue weighted by molar-refractivity contribution is -0.116. The molecule has 0 spiro atoms. The lowest BCUT2D eigenvalue weighted by atomic mass is 10.1. The van der Waals surface area contributed by atoms with Crippen LogP contribution in [0.15, 0.2) is 36.4 Å². The average Bonchev–Trinajstić information content (AvgIpc) is 2.86. The van der Waals surface area contributed by atoms with E-state index >= 15 is 0 Å². The van der Waals surface area contributed by atoms with E-state index in [1.54, 1.807) is 18.2 Å². The molecule has 1 heterocycles. The molecule has 2 aromatic carbocycles. The number of nitrogens with one attached hydrogen (secondary N) is 2. The maximum absolute atomic E-state index is 12.2. The first kappa shape index (κ1) is 15.4. The van der Waals surface area contributed by atoms with Crippen molar-refractivity contribution in [3.63, 3.8) is 0 Å². The van der Waals surface area contributed by atoms with E-state index < -0.39 is 0 Å². The highest BCUT2D eigenvalue weighted by atomic mass is 35.5. The van der Waals surface area contributed by atoms with Crippen LogP contribution in [0.4, 0.5) is 11.4 Å². The lowest BCUT2D eigenvalue weighted by Gasteiger charge is -2.11. The molecule has 0 saturated heterocycles. The van der Waals surface area contributed by atoms with Crippen LogP contribution in [0.5, 0.6) is 5.75 Å². The minimum atomic E-state index is -0.178. The molecule has 2 N–H and O–H groups in total. The summed E-state index contributed by atoms with van der Waals surface area (Å²) >= 11 is 5.95. The Balaban J connectivity index is 1.72. The fourth-order valence-corrected chi connectivity index (χ4v) is 2.72. The molecule has 3 rings (SSSR count). The third-order valence-corrected chi connectivity index (χ3v) is 3.83. The lowest BCUT2D eigenvalue weighted by Crippen LogP contribution is -2.15. The minimum Gasteiger partial charge on any atom is -0.495 e. The molecule has 23 heavy (non-hydrogen) atoms. The van der Waals surface area contributed by atoms with Crippen LogP contribution < -0.4 is 15.4 Å². The van der Waals surface area contributed by atoms with Gasteiger partial charge in [0, 0.05) is 10.7 Å².